The van der Waals surface area contributed by atoms with E-state index in [0.29, 0.717) is 0 Å². The molecule has 1 fully saturated rings. The number of carbonyl (C=O) groups excluding carboxylic acids is 3. The third-order valence-corrected chi connectivity index (χ3v) is 3.57. The van der Waals surface area contributed by atoms with Crippen LogP contribution in [0.4, 0.5) is 0 Å². The molecule has 4 nitrogen and oxygen atoms in total. The lowest BCUT2D eigenvalue weighted by atomic mass is 10.4. The third-order valence-electron chi connectivity index (χ3n) is 2.35. The normalized spacial score (nSPS) is 16.6. The van der Waals surface area contributed by atoms with E-state index in [1.54, 1.807) is 0 Å². The van der Waals surface area contributed by atoms with Crippen molar-refractivity contribution in [1.29, 1.82) is 0 Å². The summed E-state index contributed by atoms with van der Waals surface area (Å²) < 4.78 is 4.32. The monoisotopic (exact) mass is 242 g/mol. The molecule has 0 unspecified atom stereocenters. The van der Waals surface area contributed by atoms with Gasteiger partial charge in [0.05, 0.1) is 7.11 Å². The maximum Gasteiger partial charge on any atom is 0.330 e. The number of esters is 1. The van der Waals surface area contributed by atoms with Crippen LogP contribution in [-0.2, 0) is 19.1 Å². The number of carbonyl (C=O) groups is 3. The molecule has 0 amide bonds. The summed E-state index contributed by atoms with van der Waals surface area (Å²) in [7, 11) is 1.21. The van der Waals surface area contributed by atoms with Crippen molar-refractivity contribution in [1.82, 2.24) is 0 Å². The van der Waals surface area contributed by atoms with E-state index in [9.17, 15) is 14.4 Å². The quantitative estimate of drug-likeness (QED) is 0.424. The summed E-state index contributed by atoms with van der Waals surface area (Å²) in [6, 6.07) is 0. The molecule has 0 bridgehead atoms. The number of ketones is 1. The van der Waals surface area contributed by atoms with Gasteiger partial charge in [-0.1, -0.05) is 24.6 Å². The van der Waals surface area contributed by atoms with Crippen LogP contribution in [0.25, 0.3) is 0 Å². The molecule has 0 aliphatic heterocycles. The van der Waals surface area contributed by atoms with E-state index in [0.717, 1.165) is 49.6 Å². The van der Waals surface area contributed by atoms with Gasteiger partial charge in [0.2, 0.25) is 5.78 Å². The predicted molar refractivity (Wildman–Crippen MR) is 61.0 cm³/mol. The first-order chi connectivity index (χ1) is 7.63. The van der Waals surface area contributed by atoms with Gasteiger partial charge in [-0.05, 0) is 18.9 Å². The molecule has 16 heavy (non-hydrogen) atoms. The third kappa shape index (κ3) is 4.18. The van der Waals surface area contributed by atoms with Crippen molar-refractivity contribution >= 4 is 28.6 Å². The number of hydrogen-bond donors (Lipinski definition) is 0. The van der Waals surface area contributed by atoms with Crippen molar-refractivity contribution in [2.45, 2.75) is 30.9 Å². The Bertz CT molecular complexity index is 316. The molecule has 1 aliphatic rings. The Labute approximate surface area is 98.4 Å². The summed E-state index contributed by atoms with van der Waals surface area (Å²) in [4.78, 5) is 33.4. The van der Waals surface area contributed by atoms with E-state index >= 15 is 0 Å². The highest BCUT2D eigenvalue weighted by Crippen LogP contribution is 2.29. The Morgan fingerprint density at radius 3 is 2.38 bits per heavy atom. The van der Waals surface area contributed by atoms with E-state index in [1.807, 2.05) is 0 Å². The summed E-state index contributed by atoms with van der Waals surface area (Å²) in [5.41, 5.74) is 0. The summed E-state index contributed by atoms with van der Waals surface area (Å²) in [5.74, 6) is -1.28. The predicted octanol–water partition coefficient (Wildman–Crippen LogP) is 1.49. The molecule has 0 aromatic heterocycles. The maximum absolute atomic E-state index is 11.4. The zero-order valence-corrected chi connectivity index (χ0v) is 9.92. The molecule has 0 N–H and O–H groups in total. The molecular formula is C11H14O4S. The number of hydrogen-bond acceptors (Lipinski definition) is 5. The Morgan fingerprint density at radius 1 is 1.19 bits per heavy atom. The highest BCUT2D eigenvalue weighted by atomic mass is 32.2. The van der Waals surface area contributed by atoms with Gasteiger partial charge in [-0.15, -0.1) is 0 Å². The van der Waals surface area contributed by atoms with Crippen LogP contribution in [0.5, 0.6) is 0 Å². The fourth-order valence-corrected chi connectivity index (χ4v) is 2.55. The Hall–Kier alpha value is -1.10. The average Bonchev–Trinajstić information content (AvgIpc) is 2.77. The second kappa shape index (κ2) is 6.48. The Kier molecular flexibility index (Phi) is 5.25. The van der Waals surface area contributed by atoms with Crippen LogP contribution in [0.15, 0.2) is 12.2 Å². The molecule has 0 atom stereocenters. The van der Waals surface area contributed by atoms with Gasteiger partial charge in [0, 0.05) is 11.3 Å². The van der Waals surface area contributed by atoms with Crippen LogP contribution in [-0.4, -0.2) is 29.2 Å². The number of ether oxygens (including phenoxy) is 1. The lowest BCUT2D eigenvalue weighted by Gasteiger charge is -2.04. The van der Waals surface area contributed by atoms with Crippen LogP contribution in [0, 0.1) is 0 Å². The van der Waals surface area contributed by atoms with Crippen molar-refractivity contribution in [2.24, 2.45) is 0 Å². The number of methoxy groups -OCH3 is 1. The van der Waals surface area contributed by atoms with Crippen LogP contribution < -0.4 is 0 Å². The van der Waals surface area contributed by atoms with Crippen molar-refractivity contribution in [3.63, 3.8) is 0 Å². The SMILES string of the molecule is COC(=O)/C=C/C(=O)C(=O)SC1CCCC1. The molecule has 0 saturated heterocycles. The number of allylic oxidation sites excluding steroid dienone is 1. The van der Waals surface area contributed by atoms with Gasteiger partial charge in [-0.25, -0.2) is 4.79 Å². The highest BCUT2D eigenvalue weighted by molar-refractivity contribution is 8.16. The molecule has 0 aromatic rings. The largest absolute Gasteiger partial charge is 0.466 e. The van der Waals surface area contributed by atoms with E-state index in [1.165, 1.54) is 7.11 Å². The van der Waals surface area contributed by atoms with Gasteiger partial charge >= 0.3 is 5.97 Å². The Morgan fingerprint density at radius 2 is 1.81 bits per heavy atom. The molecule has 88 valence electrons. The summed E-state index contributed by atoms with van der Waals surface area (Å²) >= 11 is 1.08. The Balaban J connectivity index is 2.38. The number of thioether (sulfide) groups is 1. The standard InChI is InChI=1S/C11H14O4S/c1-15-10(13)7-6-9(12)11(14)16-8-4-2-3-5-8/h6-8H,2-5H2,1H3/b7-6+. The van der Waals surface area contributed by atoms with Crippen LogP contribution in [0.1, 0.15) is 25.7 Å². The molecule has 5 heteroatoms. The molecule has 0 spiro atoms. The van der Waals surface area contributed by atoms with E-state index < -0.39 is 16.9 Å². The van der Waals surface area contributed by atoms with Gasteiger partial charge < -0.3 is 4.74 Å². The number of rotatable bonds is 4. The van der Waals surface area contributed by atoms with Crippen LogP contribution in [0.3, 0.4) is 0 Å². The fraction of sp³-hybridized carbons (Fsp3) is 0.545. The maximum atomic E-state index is 11.4. The molecule has 0 radical (unpaired) electrons. The second-order valence-electron chi connectivity index (χ2n) is 3.53. The first-order valence-electron chi connectivity index (χ1n) is 5.14. The molecule has 0 heterocycles. The minimum Gasteiger partial charge on any atom is -0.466 e. The minimum atomic E-state index is -0.651. The van der Waals surface area contributed by atoms with Gasteiger partial charge in [0.1, 0.15) is 0 Å². The fourth-order valence-electron chi connectivity index (χ4n) is 1.50. The lowest BCUT2D eigenvalue weighted by Crippen LogP contribution is -2.11. The molecule has 1 rings (SSSR count). The molecule has 0 aromatic carbocycles. The molecule has 1 aliphatic carbocycles. The first kappa shape index (κ1) is 13.0. The second-order valence-corrected chi connectivity index (χ2v) is 4.81. The van der Waals surface area contributed by atoms with Gasteiger partial charge in [-0.2, -0.15) is 0 Å². The van der Waals surface area contributed by atoms with Crippen molar-refractivity contribution < 1.29 is 19.1 Å². The van der Waals surface area contributed by atoms with Crippen LogP contribution in [0.2, 0.25) is 0 Å². The van der Waals surface area contributed by atoms with Crippen molar-refractivity contribution in [3.05, 3.63) is 12.2 Å². The average molecular weight is 242 g/mol. The van der Waals surface area contributed by atoms with E-state index in [-0.39, 0.29) is 5.25 Å². The minimum absolute atomic E-state index is 0.267. The van der Waals surface area contributed by atoms with Crippen molar-refractivity contribution in [2.75, 3.05) is 7.11 Å². The highest BCUT2D eigenvalue weighted by Gasteiger charge is 2.22. The van der Waals surface area contributed by atoms with Gasteiger partial charge in [0.25, 0.3) is 5.12 Å². The van der Waals surface area contributed by atoms with E-state index in [4.69, 9.17) is 0 Å². The van der Waals surface area contributed by atoms with E-state index in [2.05, 4.69) is 4.74 Å². The van der Waals surface area contributed by atoms with Crippen LogP contribution >= 0.6 is 11.8 Å². The summed E-state index contributed by atoms with van der Waals surface area (Å²) in [5, 5.41) is -0.227. The summed E-state index contributed by atoms with van der Waals surface area (Å²) in [6.45, 7) is 0. The summed E-state index contributed by atoms with van der Waals surface area (Å²) in [6.07, 6.45) is 6.16. The first-order valence-corrected chi connectivity index (χ1v) is 6.02. The zero-order chi connectivity index (χ0) is 12.0. The molecular weight excluding hydrogens is 228 g/mol. The topological polar surface area (TPSA) is 60.4 Å². The van der Waals surface area contributed by atoms with Gasteiger partial charge in [-0.3, -0.25) is 9.59 Å². The zero-order valence-electron chi connectivity index (χ0n) is 9.10. The lowest BCUT2D eigenvalue weighted by molar-refractivity contribution is -0.135. The van der Waals surface area contributed by atoms with Gasteiger partial charge in [0.15, 0.2) is 0 Å². The smallest absolute Gasteiger partial charge is 0.330 e. The molecule has 1 saturated carbocycles. The van der Waals surface area contributed by atoms with Crippen molar-refractivity contribution in [3.8, 4) is 0 Å².